The van der Waals surface area contributed by atoms with E-state index in [0.717, 1.165) is 5.69 Å². The molecule has 0 radical (unpaired) electrons. The first-order valence-corrected chi connectivity index (χ1v) is 6.15. The number of hydrogen-bond donors (Lipinski definition) is 1. The van der Waals surface area contributed by atoms with E-state index in [1.54, 1.807) is 0 Å². The summed E-state index contributed by atoms with van der Waals surface area (Å²) in [4.78, 5) is 4.24. The van der Waals surface area contributed by atoms with Crippen LogP contribution in [0.1, 0.15) is 37.9 Å². The van der Waals surface area contributed by atoms with Crippen LogP contribution in [0.5, 0.6) is 0 Å². The molecule has 2 nitrogen and oxygen atoms in total. The first-order chi connectivity index (χ1) is 7.58. The van der Waals surface area contributed by atoms with Crippen LogP contribution in [0, 0.1) is 0 Å². The third-order valence-electron chi connectivity index (χ3n) is 2.20. The summed E-state index contributed by atoms with van der Waals surface area (Å²) >= 11 is 1.29. The highest BCUT2D eigenvalue weighted by molar-refractivity contribution is 7.09. The predicted octanol–water partition coefficient (Wildman–Crippen LogP) is 3.30. The number of thiazole rings is 1. The Morgan fingerprint density at radius 1 is 1.35 bits per heavy atom. The molecule has 1 rings (SSSR count). The fraction of sp³-hybridized carbons (Fsp3) is 0.727. The molecule has 17 heavy (non-hydrogen) atoms. The normalized spacial score (nSPS) is 15.0. The van der Waals surface area contributed by atoms with E-state index in [-0.39, 0.29) is 11.8 Å². The SMILES string of the molecule is CC(C)(C)c1csc(CC(O)CC(F)(F)F)n1. The molecule has 1 aromatic rings. The molecule has 1 aromatic heterocycles. The zero-order valence-electron chi connectivity index (χ0n) is 10.0. The van der Waals surface area contributed by atoms with Crippen molar-refractivity contribution in [3.05, 3.63) is 16.1 Å². The third kappa shape index (κ3) is 5.04. The largest absolute Gasteiger partial charge is 0.392 e. The fourth-order valence-electron chi connectivity index (χ4n) is 1.29. The van der Waals surface area contributed by atoms with Gasteiger partial charge in [-0.25, -0.2) is 4.98 Å². The molecule has 0 bridgehead atoms. The van der Waals surface area contributed by atoms with Crippen LogP contribution in [0.15, 0.2) is 5.38 Å². The van der Waals surface area contributed by atoms with Gasteiger partial charge in [-0.2, -0.15) is 13.2 Å². The number of alkyl halides is 3. The Morgan fingerprint density at radius 3 is 2.35 bits per heavy atom. The Labute approximate surface area is 103 Å². The predicted molar refractivity (Wildman–Crippen MR) is 61.2 cm³/mol. The smallest absolute Gasteiger partial charge is 0.391 e. The Morgan fingerprint density at radius 2 is 1.94 bits per heavy atom. The minimum atomic E-state index is -4.33. The van der Waals surface area contributed by atoms with Crippen LogP contribution in [-0.2, 0) is 11.8 Å². The highest BCUT2D eigenvalue weighted by Crippen LogP contribution is 2.27. The zero-order chi connectivity index (χ0) is 13.3. The topological polar surface area (TPSA) is 33.1 Å². The number of rotatable bonds is 3. The average molecular weight is 267 g/mol. The van der Waals surface area contributed by atoms with Gasteiger partial charge in [-0.05, 0) is 0 Å². The lowest BCUT2D eigenvalue weighted by Gasteiger charge is -2.14. The Balaban J connectivity index is 2.61. The molecule has 0 aromatic carbocycles. The maximum absolute atomic E-state index is 12.0. The van der Waals surface area contributed by atoms with Gasteiger partial charge in [-0.15, -0.1) is 11.3 Å². The number of hydrogen-bond acceptors (Lipinski definition) is 3. The Kier molecular flexibility index (Phi) is 4.19. The molecule has 1 unspecified atom stereocenters. The van der Waals surface area contributed by atoms with Gasteiger partial charge in [0, 0.05) is 17.2 Å². The Bertz CT molecular complexity index is 368. The second kappa shape index (κ2) is 4.94. The zero-order valence-corrected chi connectivity index (χ0v) is 10.8. The van der Waals surface area contributed by atoms with Gasteiger partial charge < -0.3 is 5.11 Å². The van der Waals surface area contributed by atoms with Crippen LogP contribution in [0.4, 0.5) is 13.2 Å². The molecule has 0 aliphatic carbocycles. The van der Waals surface area contributed by atoms with E-state index < -0.39 is 18.7 Å². The van der Waals surface area contributed by atoms with Crippen molar-refractivity contribution in [2.45, 2.75) is 51.3 Å². The van der Waals surface area contributed by atoms with Crippen LogP contribution in [0.3, 0.4) is 0 Å². The van der Waals surface area contributed by atoms with Gasteiger partial charge in [0.2, 0.25) is 0 Å². The van der Waals surface area contributed by atoms with Gasteiger partial charge in [0.05, 0.1) is 23.2 Å². The number of aliphatic hydroxyl groups is 1. The summed E-state index contributed by atoms with van der Waals surface area (Å²) in [5, 5.41) is 11.7. The van der Waals surface area contributed by atoms with Crippen molar-refractivity contribution in [2.24, 2.45) is 0 Å². The van der Waals surface area contributed by atoms with E-state index in [2.05, 4.69) is 4.98 Å². The first-order valence-electron chi connectivity index (χ1n) is 5.27. The maximum atomic E-state index is 12.0. The van der Waals surface area contributed by atoms with Crippen LogP contribution in [0.25, 0.3) is 0 Å². The summed E-state index contributed by atoms with van der Waals surface area (Å²) in [5.41, 5.74) is 0.723. The highest BCUT2D eigenvalue weighted by Gasteiger charge is 2.31. The summed E-state index contributed by atoms with van der Waals surface area (Å²) in [5.74, 6) is 0. The molecule has 1 atom stereocenters. The molecule has 98 valence electrons. The van der Waals surface area contributed by atoms with Crippen molar-refractivity contribution < 1.29 is 18.3 Å². The van der Waals surface area contributed by atoms with Crippen LogP contribution in [0.2, 0.25) is 0 Å². The maximum Gasteiger partial charge on any atom is 0.391 e. The van der Waals surface area contributed by atoms with Gasteiger partial charge >= 0.3 is 6.18 Å². The van der Waals surface area contributed by atoms with Crippen molar-refractivity contribution in [3.63, 3.8) is 0 Å². The summed E-state index contributed by atoms with van der Waals surface area (Å²) in [6, 6.07) is 0. The van der Waals surface area contributed by atoms with E-state index in [0.29, 0.717) is 5.01 Å². The Hall–Kier alpha value is -0.620. The molecule has 1 heterocycles. The molecule has 0 spiro atoms. The summed E-state index contributed by atoms with van der Waals surface area (Å²) < 4.78 is 36.1. The van der Waals surface area contributed by atoms with Crippen molar-refractivity contribution in [1.29, 1.82) is 0 Å². The van der Waals surface area contributed by atoms with Crippen LogP contribution < -0.4 is 0 Å². The van der Waals surface area contributed by atoms with E-state index in [9.17, 15) is 18.3 Å². The highest BCUT2D eigenvalue weighted by atomic mass is 32.1. The molecule has 0 amide bonds. The van der Waals surface area contributed by atoms with Crippen molar-refractivity contribution in [3.8, 4) is 0 Å². The van der Waals surface area contributed by atoms with Crippen LogP contribution in [-0.4, -0.2) is 22.4 Å². The molecule has 0 aliphatic rings. The number of aromatic nitrogens is 1. The molecular weight excluding hydrogens is 251 g/mol. The van der Waals surface area contributed by atoms with Crippen molar-refractivity contribution in [1.82, 2.24) is 4.98 Å². The monoisotopic (exact) mass is 267 g/mol. The van der Waals surface area contributed by atoms with E-state index in [4.69, 9.17) is 0 Å². The minimum Gasteiger partial charge on any atom is -0.392 e. The average Bonchev–Trinajstić information content (AvgIpc) is 2.47. The molecule has 0 fully saturated rings. The van der Waals surface area contributed by atoms with Gasteiger partial charge in [-0.3, -0.25) is 0 Å². The number of nitrogens with zero attached hydrogens (tertiary/aromatic N) is 1. The second-order valence-corrected chi connectivity index (χ2v) is 6.00. The molecule has 6 heteroatoms. The number of aliphatic hydroxyl groups excluding tert-OH is 1. The van der Waals surface area contributed by atoms with Gasteiger partial charge in [0.1, 0.15) is 0 Å². The van der Waals surface area contributed by atoms with Gasteiger partial charge in [0.25, 0.3) is 0 Å². The molecule has 0 saturated heterocycles. The lowest BCUT2D eigenvalue weighted by atomic mass is 9.93. The lowest BCUT2D eigenvalue weighted by Crippen LogP contribution is -2.21. The number of halogens is 3. The molecule has 0 saturated carbocycles. The fourth-order valence-corrected chi connectivity index (χ4v) is 2.38. The summed E-state index contributed by atoms with van der Waals surface area (Å²) in [7, 11) is 0. The van der Waals surface area contributed by atoms with Crippen molar-refractivity contribution >= 4 is 11.3 Å². The molecule has 0 aliphatic heterocycles. The van der Waals surface area contributed by atoms with E-state index in [1.165, 1.54) is 11.3 Å². The van der Waals surface area contributed by atoms with E-state index >= 15 is 0 Å². The first kappa shape index (κ1) is 14.4. The quantitative estimate of drug-likeness (QED) is 0.911. The molecule has 1 N–H and O–H groups in total. The second-order valence-electron chi connectivity index (χ2n) is 5.05. The summed E-state index contributed by atoms with van der Waals surface area (Å²) in [6.07, 6.45) is -6.96. The minimum absolute atomic E-state index is 0.0414. The summed E-state index contributed by atoms with van der Waals surface area (Å²) in [6.45, 7) is 5.95. The van der Waals surface area contributed by atoms with Gasteiger partial charge in [0.15, 0.2) is 0 Å². The van der Waals surface area contributed by atoms with Crippen LogP contribution >= 0.6 is 11.3 Å². The molecular formula is C11H16F3NOS. The van der Waals surface area contributed by atoms with Crippen molar-refractivity contribution in [2.75, 3.05) is 0 Å². The lowest BCUT2D eigenvalue weighted by molar-refractivity contribution is -0.153. The van der Waals surface area contributed by atoms with Gasteiger partial charge in [-0.1, -0.05) is 20.8 Å². The standard InChI is InChI=1S/C11H16F3NOS/c1-10(2,3)8-6-17-9(15-8)4-7(16)5-11(12,13)14/h6-7,16H,4-5H2,1-3H3. The third-order valence-corrected chi connectivity index (χ3v) is 3.07. The van der Waals surface area contributed by atoms with E-state index in [1.807, 2.05) is 26.2 Å².